The van der Waals surface area contributed by atoms with Crippen molar-refractivity contribution in [1.82, 2.24) is 4.90 Å². The molecule has 138 valence electrons. The monoisotopic (exact) mass is 423 g/mol. The Morgan fingerprint density at radius 1 is 1.15 bits per heavy atom. The number of piperidine rings is 1. The summed E-state index contributed by atoms with van der Waals surface area (Å²) < 4.78 is 33.2. The lowest BCUT2D eigenvalue weighted by Crippen LogP contribution is -2.43. The lowest BCUT2D eigenvalue weighted by molar-refractivity contribution is -0.0494. The number of ether oxygens (including phenoxy) is 1. The van der Waals surface area contributed by atoms with Gasteiger partial charge in [0.1, 0.15) is 12.4 Å². The first-order chi connectivity index (χ1) is 12.4. The summed E-state index contributed by atoms with van der Waals surface area (Å²) in [7, 11) is 0. The van der Waals surface area contributed by atoms with Crippen molar-refractivity contribution in [1.29, 1.82) is 0 Å². The Hall–Kier alpha value is -1.95. The summed E-state index contributed by atoms with van der Waals surface area (Å²) in [5.41, 5.74) is 2.21. The van der Waals surface area contributed by atoms with Gasteiger partial charge in [-0.05, 0) is 40.5 Å². The first-order valence-corrected chi connectivity index (χ1v) is 9.29. The number of carbonyl (C=O) groups is 1. The highest BCUT2D eigenvalue weighted by Crippen LogP contribution is 2.33. The Morgan fingerprint density at radius 2 is 1.81 bits per heavy atom. The average molecular weight is 424 g/mol. The number of halogens is 3. The Balaban J connectivity index is 1.78. The molecule has 0 spiro atoms. The van der Waals surface area contributed by atoms with E-state index in [0.717, 1.165) is 5.56 Å². The van der Waals surface area contributed by atoms with Crippen molar-refractivity contribution in [2.24, 2.45) is 0 Å². The number of likely N-dealkylation sites (tertiary alicyclic amines) is 1. The molecule has 0 aromatic heterocycles. The molecule has 0 N–H and O–H groups in total. The van der Waals surface area contributed by atoms with Crippen LogP contribution in [0.2, 0.25) is 0 Å². The van der Waals surface area contributed by atoms with Crippen LogP contribution in [-0.2, 0) is 6.61 Å². The largest absolute Gasteiger partial charge is 0.489 e. The van der Waals surface area contributed by atoms with Gasteiger partial charge in [-0.3, -0.25) is 4.79 Å². The zero-order valence-corrected chi connectivity index (χ0v) is 16.1. The van der Waals surface area contributed by atoms with Crippen LogP contribution < -0.4 is 4.74 Å². The molecule has 0 aliphatic carbocycles. The predicted molar refractivity (Wildman–Crippen MR) is 99.7 cm³/mol. The average Bonchev–Trinajstić information content (AvgIpc) is 2.62. The molecule has 1 saturated heterocycles. The van der Waals surface area contributed by atoms with E-state index >= 15 is 0 Å². The molecule has 1 amide bonds. The molecule has 1 heterocycles. The van der Waals surface area contributed by atoms with Crippen LogP contribution in [0.1, 0.15) is 34.3 Å². The summed E-state index contributed by atoms with van der Waals surface area (Å²) in [6.45, 7) is 2.34. The zero-order valence-electron chi connectivity index (χ0n) is 14.5. The molecule has 3 rings (SSSR count). The Kier molecular flexibility index (Phi) is 5.61. The van der Waals surface area contributed by atoms with E-state index in [1.807, 2.05) is 43.3 Å². The molecule has 0 atom stereocenters. The molecule has 1 fully saturated rings. The number of alkyl halides is 2. The first-order valence-electron chi connectivity index (χ1n) is 8.50. The van der Waals surface area contributed by atoms with Crippen molar-refractivity contribution in [3.8, 4) is 5.75 Å². The third-order valence-corrected chi connectivity index (χ3v) is 5.26. The van der Waals surface area contributed by atoms with E-state index < -0.39 is 5.92 Å². The maximum Gasteiger partial charge on any atom is 0.255 e. The van der Waals surface area contributed by atoms with Crippen molar-refractivity contribution in [2.75, 3.05) is 13.1 Å². The van der Waals surface area contributed by atoms with E-state index in [4.69, 9.17) is 4.74 Å². The molecule has 3 nitrogen and oxygen atoms in total. The molecular weight excluding hydrogens is 404 g/mol. The van der Waals surface area contributed by atoms with Crippen molar-refractivity contribution >= 4 is 21.8 Å². The number of amides is 1. The van der Waals surface area contributed by atoms with Crippen LogP contribution in [0.3, 0.4) is 0 Å². The van der Waals surface area contributed by atoms with Gasteiger partial charge >= 0.3 is 0 Å². The third kappa shape index (κ3) is 4.23. The van der Waals surface area contributed by atoms with E-state index in [1.165, 1.54) is 4.90 Å². The molecule has 0 bridgehead atoms. The van der Waals surface area contributed by atoms with Gasteiger partial charge < -0.3 is 9.64 Å². The number of hydrogen-bond donors (Lipinski definition) is 0. The van der Waals surface area contributed by atoms with Crippen molar-refractivity contribution in [3.05, 3.63) is 63.6 Å². The molecule has 26 heavy (non-hydrogen) atoms. The number of carbonyl (C=O) groups excluding carboxylic acids is 1. The van der Waals surface area contributed by atoms with Crippen LogP contribution in [0.25, 0.3) is 0 Å². The smallest absolute Gasteiger partial charge is 0.255 e. The molecule has 0 radical (unpaired) electrons. The minimum absolute atomic E-state index is 0.0623. The van der Waals surface area contributed by atoms with Gasteiger partial charge in [-0.2, -0.15) is 0 Å². The molecule has 0 unspecified atom stereocenters. The van der Waals surface area contributed by atoms with Gasteiger partial charge in [0.05, 0.1) is 5.56 Å². The van der Waals surface area contributed by atoms with E-state index in [-0.39, 0.29) is 31.8 Å². The fraction of sp³-hybridized carbons (Fsp3) is 0.350. The van der Waals surface area contributed by atoms with Gasteiger partial charge in [-0.25, -0.2) is 8.78 Å². The second kappa shape index (κ2) is 7.74. The highest BCUT2D eigenvalue weighted by molar-refractivity contribution is 9.10. The maximum absolute atomic E-state index is 13.4. The van der Waals surface area contributed by atoms with Crippen LogP contribution >= 0.6 is 15.9 Å². The Morgan fingerprint density at radius 3 is 2.46 bits per heavy atom. The van der Waals surface area contributed by atoms with E-state index in [2.05, 4.69) is 15.9 Å². The van der Waals surface area contributed by atoms with Gasteiger partial charge in [0.25, 0.3) is 11.8 Å². The predicted octanol–water partition coefficient (Wildman–Crippen LogP) is 5.21. The lowest BCUT2D eigenvalue weighted by atomic mass is 10.0. The summed E-state index contributed by atoms with van der Waals surface area (Å²) in [4.78, 5) is 14.4. The maximum atomic E-state index is 13.4. The van der Waals surface area contributed by atoms with E-state index in [9.17, 15) is 13.6 Å². The third-order valence-electron chi connectivity index (χ3n) is 4.60. The molecule has 1 aliphatic rings. The minimum atomic E-state index is -2.68. The molecule has 1 aliphatic heterocycles. The number of hydrogen-bond acceptors (Lipinski definition) is 2. The quantitative estimate of drug-likeness (QED) is 0.675. The second-order valence-corrected chi connectivity index (χ2v) is 7.32. The molecule has 6 heteroatoms. The van der Waals surface area contributed by atoms with Crippen molar-refractivity contribution < 1.29 is 18.3 Å². The van der Waals surface area contributed by atoms with Gasteiger partial charge in [0.15, 0.2) is 0 Å². The zero-order chi connectivity index (χ0) is 18.7. The molecular formula is C20H20BrF2NO2. The SMILES string of the molecule is Cc1c(OCc2ccccc2)ccc(Br)c1C(=O)N1CCC(F)(F)CC1. The van der Waals surface area contributed by atoms with Gasteiger partial charge in [-0.15, -0.1) is 0 Å². The van der Waals surface area contributed by atoms with Crippen LogP contribution in [0.4, 0.5) is 8.78 Å². The summed E-state index contributed by atoms with van der Waals surface area (Å²) in [5, 5.41) is 0. The van der Waals surface area contributed by atoms with Gasteiger partial charge in [0.2, 0.25) is 0 Å². The number of benzene rings is 2. The summed E-state index contributed by atoms with van der Waals surface area (Å²) in [6, 6.07) is 13.3. The fourth-order valence-corrected chi connectivity index (χ4v) is 3.61. The van der Waals surface area contributed by atoms with Crippen LogP contribution in [0.15, 0.2) is 46.9 Å². The van der Waals surface area contributed by atoms with Gasteiger partial charge in [-0.1, -0.05) is 30.3 Å². The van der Waals surface area contributed by atoms with Crippen LogP contribution in [0.5, 0.6) is 5.75 Å². The summed E-state index contributed by atoms with van der Waals surface area (Å²) in [5.74, 6) is -2.30. The highest BCUT2D eigenvalue weighted by Gasteiger charge is 2.36. The van der Waals surface area contributed by atoms with Crippen LogP contribution in [0, 0.1) is 6.92 Å². The minimum Gasteiger partial charge on any atom is -0.489 e. The first kappa shape index (κ1) is 18.8. The number of nitrogens with zero attached hydrogens (tertiary/aromatic N) is 1. The highest BCUT2D eigenvalue weighted by atomic mass is 79.9. The van der Waals surface area contributed by atoms with E-state index in [1.54, 1.807) is 6.07 Å². The summed E-state index contributed by atoms with van der Waals surface area (Å²) in [6.07, 6.45) is -0.584. The normalized spacial score (nSPS) is 16.4. The number of rotatable bonds is 4. The Bertz CT molecular complexity index is 786. The fourth-order valence-electron chi connectivity index (χ4n) is 3.01. The Labute approximate surface area is 160 Å². The second-order valence-electron chi connectivity index (χ2n) is 6.47. The topological polar surface area (TPSA) is 29.5 Å². The lowest BCUT2D eigenvalue weighted by Gasteiger charge is -2.32. The van der Waals surface area contributed by atoms with Crippen molar-refractivity contribution in [3.63, 3.8) is 0 Å². The molecule has 2 aromatic rings. The van der Waals surface area contributed by atoms with E-state index in [0.29, 0.717) is 28.0 Å². The standard InChI is InChI=1S/C20H20BrF2NO2/c1-14-17(26-13-15-5-3-2-4-6-15)8-7-16(21)18(14)19(25)24-11-9-20(22,23)10-12-24/h2-8H,9-13H2,1H3. The molecule has 0 saturated carbocycles. The van der Waals surface area contributed by atoms with Gasteiger partial charge in [0, 0.05) is 36.0 Å². The summed E-state index contributed by atoms with van der Waals surface area (Å²) >= 11 is 3.42. The molecule has 2 aromatic carbocycles. The van der Waals surface area contributed by atoms with Crippen molar-refractivity contribution in [2.45, 2.75) is 32.3 Å². The van der Waals surface area contributed by atoms with Crippen LogP contribution in [-0.4, -0.2) is 29.8 Å².